The van der Waals surface area contributed by atoms with Gasteiger partial charge in [0.2, 0.25) is 0 Å². The molecule has 0 unspecified atom stereocenters. The summed E-state index contributed by atoms with van der Waals surface area (Å²) in [5.41, 5.74) is 0.952. The highest BCUT2D eigenvalue weighted by molar-refractivity contribution is 7.85. The van der Waals surface area contributed by atoms with Crippen molar-refractivity contribution in [2.45, 2.75) is 12.8 Å². The summed E-state index contributed by atoms with van der Waals surface area (Å²) < 4.78 is 41.0. The van der Waals surface area contributed by atoms with Gasteiger partial charge in [0.05, 0.1) is 10.7 Å². The Morgan fingerprint density at radius 2 is 1.42 bits per heavy atom. The minimum Gasteiger partial charge on any atom is -0.490 e. The minimum absolute atomic E-state index is 0.00489. The lowest BCUT2D eigenvalue weighted by molar-refractivity contribution is -0.384. The minimum atomic E-state index is -3.92. The molecule has 0 fully saturated rings. The molecule has 0 spiro atoms. The SMILES string of the molecule is O=[N+]([O-])c1ccc(OCCOc2ccc(CCCS(=O)(=O)O)cc2)cc1. The number of aryl methyl sites for hydroxylation is 1. The van der Waals surface area contributed by atoms with Gasteiger partial charge in [0.1, 0.15) is 24.7 Å². The zero-order valence-corrected chi connectivity index (χ0v) is 14.7. The summed E-state index contributed by atoms with van der Waals surface area (Å²) in [6.45, 7) is 0.590. The van der Waals surface area contributed by atoms with Crippen LogP contribution in [0.1, 0.15) is 12.0 Å². The van der Waals surface area contributed by atoms with Crippen LogP contribution in [0.25, 0.3) is 0 Å². The van der Waals surface area contributed by atoms with Crippen molar-refractivity contribution in [1.29, 1.82) is 0 Å². The Morgan fingerprint density at radius 3 is 1.88 bits per heavy atom. The average Bonchev–Trinajstić information content (AvgIpc) is 2.59. The highest BCUT2D eigenvalue weighted by Gasteiger charge is 2.05. The largest absolute Gasteiger partial charge is 0.490 e. The lowest BCUT2D eigenvalue weighted by atomic mass is 10.1. The Hall–Kier alpha value is -2.65. The van der Waals surface area contributed by atoms with E-state index in [4.69, 9.17) is 14.0 Å². The zero-order chi connectivity index (χ0) is 19.0. The smallest absolute Gasteiger partial charge is 0.269 e. The van der Waals surface area contributed by atoms with Gasteiger partial charge in [-0.2, -0.15) is 8.42 Å². The number of benzene rings is 2. The average molecular weight is 381 g/mol. The molecule has 2 aromatic rings. The summed E-state index contributed by atoms with van der Waals surface area (Å²) in [5.74, 6) is 0.912. The first-order chi connectivity index (χ1) is 12.3. The molecule has 2 rings (SSSR count). The number of nitrogens with zero attached hydrogens (tertiary/aromatic N) is 1. The van der Waals surface area contributed by atoms with Crippen LogP contribution in [0.15, 0.2) is 48.5 Å². The standard InChI is InChI=1S/C17H19NO7S/c19-18(20)15-5-9-17(10-6-15)25-12-11-24-16-7-3-14(4-8-16)2-1-13-26(21,22)23/h3-10H,1-2,11-13H2,(H,21,22,23). The van der Waals surface area contributed by atoms with Gasteiger partial charge in [0.15, 0.2) is 0 Å². The van der Waals surface area contributed by atoms with Crippen molar-refractivity contribution in [3.05, 3.63) is 64.2 Å². The predicted molar refractivity (Wildman–Crippen MR) is 95.3 cm³/mol. The van der Waals surface area contributed by atoms with Crippen LogP contribution in [0, 0.1) is 10.1 Å². The molecule has 0 saturated heterocycles. The number of non-ortho nitro benzene ring substituents is 1. The molecule has 0 heterocycles. The van der Waals surface area contributed by atoms with Gasteiger partial charge >= 0.3 is 0 Å². The number of nitro benzene ring substituents is 1. The first-order valence-electron chi connectivity index (χ1n) is 7.88. The number of nitro groups is 1. The molecule has 0 amide bonds. The van der Waals surface area contributed by atoms with Crippen LogP contribution in [0.3, 0.4) is 0 Å². The Balaban J connectivity index is 1.70. The third-order valence-electron chi connectivity index (χ3n) is 3.46. The topological polar surface area (TPSA) is 116 Å². The Labute approximate surface area is 151 Å². The van der Waals surface area contributed by atoms with E-state index in [0.717, 1.165) is 5.56 Å². The molecule has 0 saturated carbocycles. The van der Waals surface area contributed by atoms with Gasteiger partial charge in [0, 0.05) is 12.1 Å². The molecular formula is C17H19NO7S. The fraction of sp³-hybridized carbons (Fsp3) is 0.294. The van der Waals surface area contributed by atoms with E-state index in [1.165, 1.54) is 24.3 Å². The summed E-state index contributed by atoms with van der Waals surface area (Å²) in [6, 6.07) is 13.0. The second-order valence-electron chi connectivity index (χ2n) is 5.48. The van der Waals surface area contributed by atoms with Crippen LogP contribution in [0.5, 0.6) is 11.5 Å². The van der Waals surface area contributed by atoms with Crippen LogP contribution in [-0.2, 0) is 16.5 Å². The molecule has 2 aromatic carbocycles. The fourth-order valence-electron chi connectivity index (χ4n) is 2.19. The lowest BCUT2D eigenvalue weighted by Gasteiger charge is -2.09. The van der Waals surface area contributed by atoms with Crippen molar-refractivity contribution in [2.75, 3.05) is 19.0 Å². The molecule has 26 heavy (non-hydrogen) atoms. The van der Waals surface area contributed by atoms with Crippen molar-refractivity contribution in [2.24, 2.45) is 0 Å². The number of hydrogen-bond donors (Lipinski definition) is 1. The predicted octanol–water partition coefficient (Wildman–Crippen LogP) is 2.87. The van der Waals surface area contributed by atoms with Gasteiger partial charge in [-0.1, -0.05) is 12.1 Å². The Kier molecular flexibility index (Phi) is 6.93. The number of hydrogen-bond acceptors (Lipinski definition) is 6. The van der Waals surface area contributed by atoms with Gasteiger partial charge in [-0.05, 0) is 42.7 Å². The molecule has 0 bridgehead atoms. The maximum Gasteiger partial charge on any atom is 0.269 e. The summed E-state index contributed by atoms with van der Waals surface area (Å²) in [6.07, 6.45) is 0.894. The molecular weight excluding hydrogens is 362 g/mol. The molecule has 0 radical (unpaired) electrons. The number of rotatable bonds is 10. The highest BCUT2D eigenvalue weighted by atomic mass is 32.2. The lowest BCUT2D eigenvalue weighted by Crippen LogP contribution is -2.09. The van der Waals surface area contributed by atoms with Crippen molar-refractivity contribution >= 4 is 15.8 Å². The number of ether oxygens (including phenoxy) is 2. The molecule has 0 atom stereocenters. The maximum absolute atomic E-state index is 10.7. The van der Waals surface area contributed by atoms with E-state index in [9.17, 15) is 18.5 Å². The van der Waals surface area contributed by atoms with Crippen LogP contribution in [-0.4, -0.2) is 36.9 Å². The maximum atomic E-state index is 10.7. The van der Waals surface area contributed by atoms with E-state index >= 15 is 0 Å². The normalized spacial score (nSPS) is 11.1. The highest BCUT2D eigenvalue weighted by Crippen LogP contribution is 2.17. The van der Waals surface area contributed by atoms with E-state index in [2.05, 4.69) is 0 Å². The third-order valence-corrected chi connectivity index (χ3v) is 4.26. The van der Waals surface area contributed by atoms with Crippen LogP contribution < -0.4 is 9.47 Å². The van der Waals surface area contributed by atoms with E-state index in [-0.39, 0.29) is 18.0 Å². The summed E-state index contributed by atoms with van der Waals surface area (Å²) >= 11 is 0. The van der Waals surface area contributed by atoms with Gasteiger partial charge < -0.3 is 9.47 Å². The third kappa shape index (κ3) is 7.08. The molecule has 0 aliphatic heterocycles. The van der Waals surface area contributed by atoms with Crippen LogP contribution >= 0.6 is 0 Å². The van der Waals surface area contributed by atoms with E-state index in [1.807, 2.05) is 12.1 Å². The second kappa shape index (κ2) is 9.16. The fourth-order valence-corrected chi connectivity index (χ4v) is 2.70. The molecule has 140 valence electrons. The van der Waals surface area contributed by atoms with E-state index < -0.39 is 15.0 Å². The van der Waals surface area contributed by atoms with Crippen molar-refractivity contribution in [1.82, 2.24) is 0 Å². The molecule has 8 nitrogen and oxygen atoms in total. The van der Waals surface area contributed by atoms with E-state index in [0.29, 0.717) is 30.9 Å². The monoisotopic (exact) mass is 381 g/mol. The first kappa shape index (κ1) is 19.7. The molecule has 0 aromatic heterocycles. The van der Waals surface area contributed by atoms with Crippen molar-refractivity contribution < 1.29 is 27.4 Å². The summed E-state index contributed by atoms with van der Waals surface area (Å²) in [7, 11) is -3.92. The molecule has 0 aliphatic carbocycles. The van der Waals surface area contributed by atoms with E-state index in [1.54, 1.807) is 12.1 Å². The van der Waals surface area contributed by atoms with Gasteiger partial charge in [0.25, 0.3) is 15.8 Å². The Bertz CT molecular complexity index is 817. The zero-order valence-electron chi connectivity index (χ0n) is 13.9. The quantitative estimate of drug-likeness (QED) is 0.291. The molecule has 9 heteroatoms. The van der Waals surface area contributed by atoms with Gasteiger partial charge in [-0.15, -0.1) is 0 Å². The van der Waals surface area contributed by atoms with Crippen molar-refractivity contribution in [3.8, 4) is 11.5 Å². The summed E-state index contributed by atoms with van der Waals surface area (Å²) in [5, 5.41) is 10.6. The van der Waals surface area contributed by atoms with Crippen LogP contribution in [0.4, 0.5) is 5.69 Å². The molecule has 0 aliphatic rings. The first-order valence-corrected chi connectivity index (χ1v) is 9.48. The van der Waals surface area contributed by atoms with Crippen molar-refractivity contribution in [3.63, 3.8) is 0 Å². The van der Waals surface area contributed by atoms with Crippen LogP contribution in [0.2, 0.25) is 0 Å². The summed E-state index contributed by atoms with van der Waals surface area (Å²) in [4.78, 5) is 10.1. The Morgan fingerprint density at radius 1 is 0.923 bits per heavy atom. The molecule has 1 N–H and O–H groups in total. The second-order valence-corrected chi connectivity index (χ2v) is 7.05. The van der Waals surface area contributed by atoms with Gasteiger partial charge in [-0.25, -0.2) is 0 Å². The van der Waals surface area contributed by atoms with Gasteiger partial charge in [-0.3, -0.25) is 14.7 Å².